The van der Waals surface area contributed by atoms with Gasteiger partial charge in [-0.3, -0.25) is 0 Å². The summed E-state index contributed by atoms with van der Waals surface area (Å²) in [7, 11) is 0. The number of aryl methyl sites for hydroxylation is 1. The maximum Gasteiger partial charge on any atom is 0.134 e. The van der Waals surface area contributed by atoms with Crippen molar-refractivity contribution in [2.24, 2.45) is 0 Å². The van der Waals surface area contributed by atoms with E-state index in [9.17, 15) is 0 Å². The van der Waals surface area contributed by atoms with Crippen molar-refractivity contribution in [1.29, 1.82) is 0 Å². The van der Waals surface area contributed by atoms with Crippen molar-refractivity contribution in [2.45, 2.75) is 33.6 Å². The first-order valence-electron chi connectivity index (χ1n) is 6.69. The molecule has 1 aromatic heterocycles. The van der Waals surface area contributed by atoms with E-state index in [1.165, 1.54) is 0 Å². The lowest BCUT2D eigenvalue weighted by Gasteiger charge is -2.17. The van der Waals surface area contributed by atoms with Crippen molar-refractivity contribution in [3.8, 4) is 0 Å². The quantitative estimate of drug-likeness (QED) is 0.583. The summed E-state index contributed by atoms with van der Waals surface area (Å²) in [6.07, 6.45) is 1.90. The maximum absolute atomic E-state index is 5.94. The Kier molecular flexibility index (Phi) is 6.98. The second kappa shape index (κ2) is 8.27. The van der Waals surface area contributed by atoms with E-state index in [-0.39, 0.29) is 0 Å². The second-order valence-electron chi connectivity index (χ2n) is 4.15. The summed E-state index contributed by atoms with van der Waals surface area (Å²) in [6, 6.07) is 1.78. The summed E-state index contributed by atoms with van der Waals surface area (Å²) < 4.78 is 0. The van der Waals surface area contributed by atoms with Crippen LogP contribution in [0, 0.1) is 0 Å². The predicted molar refractivity (Wildman–Crippen MR) is 77.3 cm³/mol. The molecule has 0 aromatic carbocycles. The zero-order valence-corrected chi connectivity index (χ0v) is 12.3. The van der Waals surface area contributed by atoms with E-state index >= 15 is 0 Å². The Balaban J connectivity index is 2.37. The highest BCUT2D eigenvalue weighted by Crippen LogP contribution is 2.11. The Morgan fingerprint density at radius 2 is 1.94 bits per heavy atom. The van der Waals surface area contributed by atoms with E-state index in [1.807, 2.05) is 6.92 Å². The van der Waals surface area contributed by atoms with Gasteiger partial charge in [0.1, 0.15) is 16.8 Å². The van der Waals surface area contributed by atoms with Gasteiger partial charge in [0.05, 0.1) is 0 Å². The van der Waals surface area contributed by atoms with Crippen LogP contribution in [0.15, 0.2) is 6.07 Å². The van der Waals surface area contributed by atoms with Gasteiger partial charge in [0, 0.05) is 19.0 Å². The van der Waals surface area contributed by atoms with Crippen LogP contribution < -0.4 is 5.32 Å². The first kappa shape index (κ1) is 15.2. The Bertz CT molecular complexity index is 353. The molecule has 0 saturated carbocycles. The van der Waals surface area contributed by atoms with Crippen LogP contribution in [0.4, 0.5) is 5.82 Å². The lowest BCUT2D eigenvalue weighted by atomic mass is 10.3. The van der Waals surface area contributed by atoms with Crippen molar-refractivity contribution in [3.63, 3.8) is 0 Å². The van der Waals surface area contributed by atoms with E-state index in [0.717, 1.165) is 50.7 Å². The molecule has 0 radical (unpaired) electrons. The van der Waals surface area contributed by atoms with Crippen molar-refractivity contribution in [1.82, 2.24) is 14.9 Å². The number of nitrogens with one attached hydrogen (secondary N) is 1. The molecule has 0 atom stereocenters. The average Bonchev–Trinajstić information content (AvgIpc) is 2.38. The van der Waals surface area contributed by atoms with Gasteiger partial charge in [0.2, 0.25) is 0 Å². The standard InChI is InChI=1S/C13H23ClN4/c1-4-12-16-11(14)10-13(17-12)15-8-7-9-18(5-2)6-3/h10H,4-9H2,1-3H3,(H,15,16,17). The van der Waals surface area contributed by atoms with E-state index < -0.39 is 0 Å². The summed E-state index contributed by atoms with van der Waals surface area (Å²) in [4.78, 5) is 10.9. The molecule has 1 rings (SSSR count). The van der Waals surface area contributed by atoms with Crippen LogP contribution in [0.3, 0.4) is 0 Å². The van der Waals surface area contributed by atoms with E-state index in [4.69, 9.17) is 11.6 Å². The molecule has 0 saturated heterocycles. The molecule has 102 valence electrons. The van der Waals surface area contributed by atoms with Crippen molar-refractivity contribution < 1.29 is 0 Å². The molecular weight excluding hydrogens is 248 g/mol. The summed E-state index contributed by atoms with van der Waals surface area (Å²) in [5.41, 5.74) is 0. The van der Waals surface area contributed by atoms with Crippen LogP contribution in [-0.4, -0.2) is 41.0 Å². The zero-order valence-electron chi connectivity index (χ0n) is 11.5. The lowest BCUT2D eigenvalue weighted by Crippen LogP contribution is -2.25. The van der Waals surface area contributed by atoms with E-state index in [0.29, 0.717) is 5.15 Å². The molecule has 0 bridgehead atoms. The number of rotatable bonds is 8. The van der Waals surface area contributed by atoms with Gasteiger partial charge in [0.15, 0.2) is 0 Å². The summed E-state index contributed by atoms with van der Waals surface area (Å²) in [6.45, 7) is 10.6. The third-order valence-electron chi connectivity index (χ3n) is 2.91. The minimum Gasteiger partial charge on any atom is -0.370 e. The monoisotopic (exact) mass is 270 g/mol. The minimum atomic E-state index is 0.507. The molecule has 1 N–H and O–H groups in total. The van der Waals surface area contributed by atoms with Crippen LogP contribution in [-0.2, 0) is 6.42 Å². The molecule has 0 amide bonds. The summed E-state index contributed by atoms with van der Waals surface area (Å²) >= 11 is 5.94. The Labute approximate surface area is 115 Å². The molecule has 1 aromatic rings. The first-order valence-corrected chi connectivity index (χ1v) is 7.07. The number of aromatic nitrogens is 2. The molecule has 0 aliphatic rings. The van der Waals surface area contributed by atoms with Crippen LogP contribution >= 0.6 is 11.6 Å². The SMILES string of the molecule is CCc1nc(Cl)cc(NCCCN(CC)CC)n1. The highest BCUT2D eigenvalue weighted by atomic mass is 35.5. The highest BCUT2D eigenvalue weighted by molar-refractivity contribution is 6.29. The first-order chi connectivity index (χ1) is 8.69. The largest absolute Gasteiger partial charge is 0.370 e. The molecular formula is C13H23ClN4. The molecule has 5 heteroatoms. The number of halogens is 1. The normalized spacial score (nSPS) is 10.9. The molecule has 18 heavy (non-hydrogen) atoms. The van der Waals surface area contributed by atoms with Crippen molar-refractivity contribution in [2.75, 3.05) is 31.5 Å². The maximum atomic E-state index is 5.94. The topological polar surface area (TPSA) is 41.1 Å². The Hall–Kier alpha value is -0.870. The van der Waals surface area contributed by atoms with Crippen LogP contribution in [0.25, 0.3) is 0 Å². The fourth-order valence-electron chi connectivity index (χ4n) is 1.77. The van der Waals surface area contributed by atoms with Crippen molar-refractivity contribution >= 4 is 17.4 Å². The number of hydrogen-bond donors (Lipinski definition) is 1. The van der Waals surface area contributed by atoms with Gasteiger partial charge < -0.3 is 10.2 Å². The van der Waals surface area contributed by atoms with Crippen molar-refractivity contribution in [3.05, 3.63) is 17.0 Å². The molecule has 0 unspecified atom stereocenters. The Morgan fingerprint density at radius 1 is 1.22 bits per heavy atom. The summed E-state index contributed by atoms with van der Waals surface area (Å²) in [5.74, 6) is 1.61. The van der Waals surface area contributed by atoms with Gasteiger partial charge in [-0.15, -0.1) is 0 Å². The van der Waals surface area contributed by atoms with Gasteiger partial charge in [-0.2, -0.15) is 0 Å². The van der Waals surface area contributed by atoms with Gasteiger partial charge >= 0.3 is 0 Å². The van der Waals surface area contributed by atoms with Gasteiger partial charge in [-0.05, 0) is 26.1 Å². The average molecular weight is 271 g/mol. The van der Waals surface area contributed by atoms with Crippen LogP contribution in [0.1, 0.15) is 33.0 Å². The van der Waals surface area contributed by atoms with Gasteiger partial charge in [-0.1, -0.05) is 32.4 Å². The molecule has 0 fully saturated rings. The lowest BCUT2D eigenvalue weighted by molar-refractivity contribution is 0.303. The fourth-order valence-corrected chi connectivity index (χ4v) is 1.97. The molecule has 0 aliphatic heterocycles. The number of hydrogen-bond acceptors (Lipinski definition) is 4. The third kappa shape index (κ3) is 5.19. The smallest absolute Gasteiger partial charge is 0.134 e. The zero-order chi connectivity index (χ0) is 13.4. The van der Waals surface area contributed by atoms with Crippen LogP contribution in [0.2, 0.25) is 5.15 Å². The number of anilines is 1. The van der Waals surface area contributed by atoms with E-state index in [1.54, 1.807) is 6.07 Å². The molecule has 0 spiro atoms. The van der Waals surface area contributed by atoms with Gasteiger partial charge in [-0.25, -0.2) is 9.97 Å². The molecule has 1 heterocycles. The van der Waals surface area contributed by atoms with E-state index in [2.05, 4.69) is 34.0 Å². The molecule has 4 nitrogen and oxygen atoms in total. The number of nitrogens with zero attached hydrogens (tertiary/aromatic N) is 3. The predicted octanol–water partition coefficient (Wildman–Crippen LogP) is 2.84. The van der Waals surface area contributed by atoms with Gasteiger partial charge in [0.25, 0.3) is 0 Å². The third-order valence-corrected chi connectivity index (χ3v) is 3.10. The fraction of sp³-hybridized carbons (Fsp3) is 0.692. The van der Waals surface area contributed by atoms with Crippen LogP contribution in [0.5, 0.6) is 0 Å². The second-order valence-corrected chi connectivity index (χ2v) is 4.54. The minimum absolute atomic E-state index is 0.507. The summed E-state index contributed by atoms with van der Waals surface area (Å²) in [5, 5.41) is 3.81. The molecule has 0 aliphatic carbocycles. The Morgan fingerprint density at radius 3 is 2.56 bits per heavy atom. The highest BCUT2D eigenvalue weighted by Gasteiger charge is 2.02.